The van der Waals surface area contributed by atoms with E-state index in [-0.39, 0.29) is 18.2 Å². The molecule has 0 bridgehead atoms. The minimum atomic E-state index is -1.11. The molecule has 2 N–H and O–H groups in total. The average molecular weight is 274 g/mol. The summed E-state index contributed by atoms with van der Waals surface area (Å²) >= 11 is 1.40. The fourth-order valence-electron chi connectivity index (χ4n) is 1.35. The van der Waals surface area contributed by atoms with Crippen molar-refractivity contribution in [3.63, 3.8) is 0 Å². The Morgan fingerprint density at radius 3 is 2.47 bits per heavy atom. The first kappa shape index (κ1) is 13.5. The molecule has 90 valence electrons. The first-order chi connectivity index (χ1) is 7.66. The van der Waals surface area contributed by atoms with Crippen LogP contribution >= 0.6 is 23.7 Å². The molecule has 0 aliphatic heterocycles. The maximum absolute atomic E-state index is 12.7. The number of hydrogen-bond donors (Lipinski definition) is 2. The van der Waals surface area contributed by atoms with E-state index in [2.05, 4.69) is 5.32 Å². The van der Waals surface area contributed by atoms with Crippen molar-refractivity contribution in [2.45, 2.75) is 0 Å². The largest absolute Gasteiger partial charge is 0.465 e. The van der Waals surface area contributed by atoms with Crippen LogP contribution in [0.15, 0.2) is 35.7 Å². The van der Waals surface area contributed by atoms with Crippen molar-refractivity contribution in [3.8, 4) is 10.4 Å². The quantitative estimate of drug-likeness (QED) is 0.867. The van der Waals surface area contributed by atoms with Crippen LogP contribution in [0, 0.1) is 5.82 Å². The number of nitrogens with one attached hydrogen (secondary N) is 1. The van der Waals surface area contributed by atoms with E-state index in [1.807, 2.05) is 0 Å². The van der Waals surface area contributed by atoms with E-state index >= 15 is 0 Å². The van der Waals surface area contributed by atoms with Crippen molar-refractivity contribution in [2.24, 2.45) is 0 Å². The van der Waals surface area contributed by atoms with Crippen LogP contribution in [0.1, 0.15) is 0 Å². The summed E-state index contributed by atoms with van der Waals surface area (Å²) in [5.41, 5.74) is 1.31. The van der Waals surface area contributed by atoms with Crippen LogP contribution in [0.25, 0.3) is 10.4 Å². The Kier molecular flexibility index (Phi) is 4.48. The van der Waals surface area contributed by atoms with Crippen LogP contribution in [0.2, 0.25) is 0 Å². The number of carboxylic acid groups (broad SMARTS) is 1. The highest BCUT2D eigenvalue weighted by atomic mass is 35.5. The van der Waals surface area contributed by atoms with Crippen molar-refractivity contribution < 1.29 is 14.3 Å². The molecule has 0 saturated carbocycles. The van der Waals surface area contributed by atoms with E-state index in [1.54, 1.807) is 23.6 Å². The van der Waals surface area contributed by atoms with E-state index in [0.717, 1.165) is 10.4 Å². The van der Waals surface area contributed by atoms with Gasteiger partial charge in [0.15, 0.2) is 0 Å². The Morgan fingerprint density at radius 2 is 1.88 bits per heavy atom. The minimum absolute atomic E-state index is 0. The molecule has 0 aliphatic carbocycles. The van der Waals surface area contributed by atoms with E-state index in [0.29, 0.717) is 5.69 Å². The highest BCUT2D eigenvalue weighted by molar-refractivity contribution is 7.14. The third-order valence-corrected chi connectivity index (χ3v) is 2.98. The van der Waals surface area contributed by atoms with Gasteiger partial charge in [-0.2, -0.15) is 0 Å². The topological polar surface area (TPSA) is 49.3 Å². The van der Waals surface area contributed by atoms with Gasteiger partial charge in [-0.15, -0.1) is 23.7 Å². The van der Waals surface area contributed by atoms with Crippen molar-refractivity contribution in [1.29, 1.82) is 0 Å². The molecule has 0 atom stereocenters. The first-order valence-corrected chi connectivity index (χ1v) is 5.38. The van der Waals surface area contributed by atoms with Crippen molar-refractivity contribution in [1.82, 2.24) is 0 Å². The summed E-state index contributed by atoms with van der Waals surface area (Å²) in [5.74, 6) is -0.312. The number of hydrogen-bond acceptors (Lipinski definition) is 2. The average Bonchev–Trinajstić information content (AvgIpc) is 2.66. The second kappa shape index (κ2) is 5.65. The number of amides is 1. The third-order valence-electron chi connectivity index (χ3n) is 2.01. The molecule has 3 nitrogen and oxygen atoms in total. The maximum Gasteiger partial charge on any atom is 0.409 e. The summed E-state index contributed by atoms with van der Waals surface area (Å²) in [4.78, 5) is 11.3. The molecule has 6 heteroatoms. The second-order valence-electron chi connectivity index (χ2n) is 3.10. The number of thiophene rings is 1. The molecule has 0 saturated heterocycles. The Bertz CT molecular complexity index is 512. The molecule has 0 radical (unpaired) electrons. The van der Waals surface area contributed by atoms with Gasteiger partial charge in [0.05, 0.1) is 10.6 Å². The van der Waals surface area contributed by atoms with Crippen LogP contribution in [0.4, 0.5) is 14.9 Å². The lowest BCUT2D eigenvalue weighted by molar-refractivity contribution is 0.210. The molecule has 0 aliphatic rings. The fourth-order valence-corrected chi connectivity index (χ4v) is 2.21. The number of halogens is 2. The Balaban J connectivity index is 0.00000144. The lowest BCUT2D eigenvalue weighted by atomic mass is 10.1. The van der Waals surface area contributed by atoms with Gasteiger partial charge in [-0.3, -0.25) is 5.32 Å². The molecular weight excluding hydrogens is 265 g/mol. The van der Waals surface area contributed by atoms with E-state index in [4.69, 9.17) is 5.11 Å². The molecule has 1 heterocycles. The van der Waals surface area contributed by atoms with Crippen LogP contribution < -0.4 is 5.32 Å². The molecular formula is C11H9ClFNO2S. The van der Waals surface area contributed by atoms with Gasteiger partial charge in [-0.25, -0.2) is 9.18 Å². The van der Waals surface area contributed by atoms with Crippen LogP contribution in [0.3, 0.4) is 0 Å². The van der Waals surface area contributed by atoms with Gasteiger partial charge in [0.25, 0.3) is 0 Å². The fraction of sp³-hybridized carbons (Fsp3) is 0. The van der Waals surface area contributed by atoms with Gasteiger partial charge < -0.3 is 5.11 Å². The Labute approximate surface area is 107 Å². The lowest BCUT2D eigenvalue weighted by Crippen LogP contribution is -2.06. The van der Waals surface area contributed by atoms with Gasteiger partial charge in [0, 0.05) is 0 Å². The van der Waals surface area contributed by atoms with Gasteiger partial charge in [-0.05, 0) is 29.1 Å². The van der Waals surface area contributed by atoms with Crippen LogP contribution in [0.5, 0.6) is 0 Å². The monoisotopic (exact) mass is 273 g/mol. The van der Waals surface area contributed by atoms with Gasteiger partial charge in [-0.1, -0.05) is 12.1 Å². The Morgan fingerprint density at radius 1 is 1.24 bits per heavy atom. The summed E-state index contributed by atoms with van der Waals surface area (Å²) in [6.07, 6.45) is -1.11. The zero-order valence-corrected chi connectivity index (χ0v) is 10.1. The number of carbonyl (C=O) groups is 1. The van der Waals surface area contributed by atoms with Crippen LogP contribution in [-0.4, -0.2) is 11.2 Å². The predicted molar refractivity (Wildman–Crippen MR) is 68.6 cm³/mol. The van der Waals surface area contributed by atoms with E-state index in [9.17, 15) is 9.18 Å². The molecule has 17 heavy (non-hydrogen) atoms. The Hall–Kier alpha value is -1.59. The normalized spacial score (nSPS) is 9.47. The highest BCUT2D eigenvalue weighted by Gasteiger charge is 2.08. The molecule has 1 aromatic carbocycles. The minimum Gasteiger partial charge on any atom is -0.465 e. The summed E-state index contributed by atoms with van der Waals surface area (Å²) < 4.78 is 12.7. The summed E-state index contributed by atoms with van der Waals surface area (Å²) in [6.45, 7) is 0. The van der Waals surface area contributed by atoms with Crippen molar-refractivity contribution in [3.05, 3.63) is 41.5 Å². The number of benzene rings is 1. The summed E-state index contributed by atoms with van der Waals surface area (Å²) in [7, 11) is 0. The molecule has 0 fully saturated rings. The zero-order chi connectivity index (χ0) is 11.5. The second-order valence-corrected chi connectivity index (χ2v) is 4.02. The summed E-state index contributed by atoms with van der Waals surface area (Å²) in [6, 6.07) is 7.61. The lowest BCUT2D eigenvalue weighted by Gasteiger charge is -2.03. The van der Waals surface area contributed by atoms with E-state index < -0.39 is 6.09 Å². The molecule has 2 aromatic rings. The molecule has 2 rings (SSSR count). The zero-order valence-electron chi connectivity index (χ0n) is 8.51. The third kappa shape index (κ3) is 3.18. The van der Waals surface area contributed by atoms with Crippen LogP contribution in [-0.2, 0) is 0 Å². The summed E-state index contributed by atoms with van der Waals surface area (Å²) in [5, 5.41) is 12.7. The van der Waals surface area contributed by atoms with Gasteiger partial charge in [0.1, 0.15) is 5.82 Å². The van der Waals surface area contributed by atoms with E-state index in [1.165, 1.54) is 23.5 Å². The molecule has 1 amide bonds. The van der Waals surface area contributed by atoms with Gasteiger partial charge in [0.2, 0.25) is 0 Å². The number of rotatable bonds is 2. The van der Waals surface area contributed by atoms with Crippen molar-refractivity contribution >= 4 is 35.5 Å². The predicted octanol–water partition coefficient (Wildman–Crippen LogP) is 4.07. The first-order valence-electron chi connectivity index (χ1n) is 4.50. The molecule has 0 unspecified atom stereocenters. The molecule has 1 aromatic heterocycles. The smallest absolute Gasteiger partial charge is 0.409 e. The van der Waals surface area contributed by atoms with Crippen molar-refractivity contribution in [2.75, 3.05) is 5.32 Å². The number of anilines is 1. The highest BCUT2D eigenvalue weighted by Crippen LogP contribution is 2.33. The molecule has 0 spiro atoms. The maximum atomic E-state index is 12.7. The SMILES string of the molecule is Cl.O=C(O)Nc1ccsc1-c1ccc(F)cc1. The standard InChI is InChI=1S/C11H8FNO2S.ClH/c12-8-3-1-7(2-4-8)10-9(5-6-16-10)13-11(14)15;/h1-6,13H,(H,14,15);1H. The van der Waals surface area contributed by atoms with Gasteiger partial charge >= 0.3 is 6.09 Å².